The van der Waals surface area contributed by atoms with E-state index in [9.17, 15) is 0 Å². The van der Waals surface area contributed by atoms with Crippen LogP contribution in [0.25, 0.3) is 11.3 Å². The molecule has 0 bridgehead atoms. The van der Waals surface area contributed by atoms with Crippen molar-refractivity contribution in [3.05, 3.63) is 41.3 Å². The van der Waals surface area contributed by atoms with Gasteiger partial charge in [0, 0.05) is 30.8 Å². The number of nitrogens with zero attached hydrogens (tertiary/aromatic N) is 2. The summed E-state index contributed by atoms with van der Waals surface area (Å²) >= 11 is 0. The third-order valence-corrected chi connectivity index (χ3v) is 3.78. The predicted molar refractivity (Wildman–Crippen MR) is 79.1 cm³/mol. The molecule has 1 aliphatic heterocycles. The monoisotopic (exact) mass is 269 g/mol. The highest BCUT2D eigenvalue weighted by Gasteiger charge is 2.22. The zero-order chi connectivity index (χ0) is 14.1. The van der Waals surface area contributed by atoms with Crippen LogP contribution in [0.4, 0.5) is 0 Å². The first-order valence-corrected chi connectivity index (χ1v) is 6.88. The summed E-state index contributed by atoms with van der Waals surface area (Å²) in [6.45, 7) is 6.08. The van der Waals surface area contributed by atoms with E-state index in [0.717, 1.165) is 47.0 Å². The lowest BCUT2D eigenvalue weighted by Crippen LogP contribution is -2.40. The van der Waals surface area contributed by atoms with Gasteiger partial charge in [-0.3, -0.25) is 0 Å². The van der Waals surface area contributed by atoms with E-state index in [2.05, 4.69) is 36.3 Å². The summed E-state index contributed by atoms with van der Waals surface area (Å²) in [4.78, 5) is 9.10. The van der Waals surface area contributed by atoms with Crippen LogP contribution in [0.3, 0.4) is 0 Å². The Morgan fingerprint density at radius 2 is 1.90 bits per heavy atom. The van der Waals surface area contributed by atoms with E-state index in [-0.39, 0.29) is 0 Å². The first-order chi connectivity index (χ1) is 9.69. The molecular weight excluding hydrogens is 250 g/mol. The zero-order valence-electron chi connectivity index (χ0n) is 12.1. The highest BCUT2D eigenvalue weighted by molar-refractivity contribution is 5.64. The van der Waals surface area contributed by atoms with Crippen LogP contribution in [0, 0.1) is 13.8 Å². The molecule has 1 fully saturated rings. The third kappa shape index (κ3) is 2.27. The number of hydrogen-bond acceptors (Lipinski definition) is 4. The van der Waals surface area contributed by atoms with Gasteiger partial charge in [0.05, 0.1) is 12.8 Å². The molecule has 4 heteroatoms. The standard InChI is InChI=1S/C16H19N3O/c1-10-6-12(7-11(2)15(10)20-3)14-4-5-18-16(19-14)13-8-17-9-13/h4-7,13,17H,8-9H2,1-3H3. The highest BCUT2D eigenvalue weighted by Crippen LogP contribution is 2.29. The van der Waals surface area contributed by atoms with Crippen molar-refractivity contribution in [2.75, 3.05) is 20.2 Å². The predicted octanol–water partition coefficient (Wildman–Crippen LogP) is 2.46. The Kier molecular flexibility index (Phi) is 3.40. The lowest BCUT2D eigenvalue weighted by molar-refractivity contribution is 0.408. The van der Waals surface area contributed by atoms with E-state index >= 15 is 0 Å². The number of ether oxygens (including phenoxy) is 1. The van der Waals surface area contributed by atoms with Crippen LogP contribution in [-0.2, 0) is 0 Å². The Morgan fingerprint density at radius 3 is 2.45 bits per heavy atom. The largest absolute Gasteiger partial charge is 0.496 e. The van der Waals surface area contributed by atoms with Crippen molar-refractivity contribution in [1.82, 2.24) is 15.3 Å². The topological polar surface area (TPSA) is 47.0 Å². The SMILES string of the molecule is COc1c(C)cc(-c2ccnc(C3CNC3)n2)cc1C. The van der Waals surface area contributed by atoms with Gasteiger partial charge in [-0.2, -0.15) is 0 Å². The van der Waals surface area contributed by atoms with E-state index in [0.29, 0.717) is 5.92 Å². The maximum Gasteiger partial charge on any atom is 0.134 e. The molecule has 2 aromatic rings. The maximum absolute atomic E-state index is 5.41. The average Bonchev–Trinajstić information content (AvgIpc) is 2.36. The number of aryl methyl sites for hydroxylation is 2. The summed E-state index contributed by atoms with van der Waals surface area (Å²) in [6.07, 6.45) is 1.85. The molecule has 1 aliphatic rings. The second kappa shape index (κ2) is 5.21. The summed E-state index contributed by atoms with van der Waals surface area (Å²) in [6, 6.07) is 6.21. The van der Waals surface area contributed by atoms with Gasteiger partial charge >= 0.3 is 0 Å². The fraction of sp³-hybridized carbons (Fsp3) is 0.375. The minimum absolute atomic E-state index is 0.454. The summed E-state index contributed by atoms with van der Waals surface area (Å²) < 4.78 is 5.41. The molecule has 0 saturated carbocycles. The fourth-order valence-electron chi connectivity index (χ4n) is 2.62. The van der Waals surface area contributed by atoms with Crippen molar-refractivity contribution in [2.24, 2.45) is 0 Å². The second-order valence-electron chi connectivity index (χ2n) is 5.30. The van der Waals surface area contributed by atoms with Gasteiger partial charge in [0.15, 0.2) is 0 Å². The van der Waals surface area contributed by atoms with Crippen molar-refractivity contribution < 1.29 is 4.74 Å². The molecule has 3 rings (SSSR count). The Hall–Kier alpha value is -1.94. The third-order valence-electron chi connectivity index (χ3n) is 3.78. The summed E-state index contributed by atoms with van der Waals surface area (Å²) in [5.74, 6) is 2.34. The van der Waals surface area contributed by atoms with Crippen LogP contribution in [-0.4, -0.2) is 30.2 Å². The highest BCUT2D eigenvalue weighted by atomic mass is 16.5. The Labute approximate surface area is 119 Å². The molecule has 0 aliphatic carbocycles. The molecule has 1 aromatic carbocycles. The molecule has 1 aromatic heterocycles. The molecule has 0 atom stereocenters. The van der Waals surface area contributed by atoms with Crippen LogP contribution < -0.4 is 10.1 Å². The lowest BCUT2D eigenvalue weighted by Gasteiger charge is -2.25. The van der Waals surface area contributed by atoms with E-state index in [4.69, 9.17) is 9.72 Å². The summed E-state index contributed by atoms with van der Waals surface area (Å²) in [5, 5.41) is 3.26. The van der Waals surface area contributed by atoms with Crippen LogP contribution in [0.2, 0.25) is 0 Å². The number of methoxy groups -OCH3 is 1. The number of rotatable bonds is 3. The number of benzene rings is 1. The Balaban J connectivity index is 2.00. The molecule has 4 nitrogen and oxygen atoms in total. The molecule has 1 N–H and O–H groups in total. The van der Waals surface area contributed by atoms with Gasteiger partial charge in [0.2, 0.25) is 0 Å². The van der Waals surface area contributed by atoms with Crippen LogP contribution >= 0.6 is 0 Å². The van der Waals surface area contributed by atoms with Crippen molar-refractivity contribution in [2.45, 2.75) is 19.8 Å². The van der Waals surface area contributed by atoms with Crippen molar-refractivity contribution >= 4 is 0 Å². The first-order valence-electron chi connectivity index (χ1n) is 6.88. The minimum atomic E-state index is 0.454. The summed E-state index contributed by atoms with van der Waals surface area (Å²) in [7, 11) is 1.71. The fourth-order valence-corrected chi connectivity index (χ4v) is 2.62. The molecule has 2 heterocycles. The van der Waals surface area contributed by atoms with Gasteiger partial charge in [-0.15, -0.1) is 0 Å². The van der Waals surface area contributed by atoms with Crippen LogP contribution in [0.1, 0.15) is 22.9 Å². The average molecular weight is 269 g/mol. The van der Waals surface area contributed by atoms with Crippen LogP contribution in [0.5, 0.6) is 5.75 Å². The van der Waals surface area contributed by atoms with Crippen molar-refractivity contribution in [3.8, 4) is 17.0 Å². The van der Waals surface area contributed by atoms with Gasteiger partial charge in [-0.25, -0.2) is 9.97 Å². The van der Waals surface area contributed by atoms with Gasteiger partial charge in [0.1, 0.15) is 11.6 Å². The van der Waals surface area contributed by atoms with Gasteiger partial charge in [-0.05, 0) is 43.2 Å². The van der Waals surface area contributed by atoms with Gasteiger partial charge in [0.25, 0.3) is 0 Å². The van der Waals surface area contributed by atoms with E-state index in [1.54, 1.807) is 7.11 Å². The molecule has 0 radical (unpaired) electrons. The summed E-state index contributed by atoms with van der Waals surface area (Å²) in [5.41, 5.74) is 4.37. The molecule has 20 heavy (non-hydrogen) atoms. The molecule has 1 saturated heterocycles. The number of aromatic nitrogens is 2. The zero-order valence-corrected chi connectivity index (χ0v) is 12.1. The Bertz CT molecular complexity index is 612. The lowest BCUT2D eigenvalue weighted by atomic mass is 10.0. The van der Waals surface area contributed by atoms with Crippen LogP contribution in [0.15, 0.2) is 24.4 Å². The van der Waals surface area contributed by atoms with Gasteiger partial charge in [-0.1, -0.05) is 0 Å². The van der Waals surface area contributed by atoms with Crippen molar-refractivity contribution in [1.29, 1.82) is 0 Å². The number of hydrogen-bond donors (Lipinski definition) is 1. The minimum Gasteiger partial charge on any atom is -0.496 e. The number of nitrogens with one attached hydrogen (secondary N) is 1. The van der Waals surface area contributed by atoms with E-state index in [1.807, 2.05) is 12.3 Å². The second-order valence-corrected chi connectivity index (χ2v) is 5.30. The van der Waals surface area contributed by atoms with Gasteiger partial charge < -0.3 is 10.1 Å². The smallest absolute Gasteiger partial charge is 0.134 e. The molecule has 0 unspecified atom stereocenters. The normalized spacial score (nSPS) is 14.9. The first kappa shape index (κ1) is 13.1. The van der Waals surface area contributed by atoms with E-state index < -0.39 is 0 Å². The Morgan fingerprint density at radius 1 is 1.20 bits per heavy atom. The maximum atomic E-state index is 5.41. The quantitative estimate of drug-likeness (QED) is 0.929. The molecule has 0 amide bonds. The molecule has 0 spiro atoms. The van der Waals surface area contributed by atoms with E-state index in [1.165, 1.54) is 0 Å². The molecular formula is C16H19N3O. The molecule has 104 valence electrons. The van der Waals surface area contributed by atoms with Crippen molar-refractivity contribution in [3.63, 3.8) is 0 Å².